The predicted molar refractivity (Wildman–Crippen MR) is 57.7 cm³/mol. The van der Waals surface area contributed by atoms with E-state index in [-0.39, 0.29) is 0 Å². The number of carboxylic acid groups (broad SMARTS) is 1. The van der Waals surface area contributed by atoms with Crippen molar-refractivity contribution < 1.29 is 23.1 Å². The zero-order chi connectivity index (χ0) is 14.2. The summed E-state index contributed by atoms with van der Waals surface area (Å²) in [5, 5.41) is 10.1. The first-order valence-electron chi connectivity index (χ1n) is 4.58. The van der Waals surface area contributed by atoms with Crippen LogP contribution in [0.4, 0.5) is 24.7 Å². The first-order chi connectivity index (χ1) is 8.29. The Kier molecular flexibility index (Phi) is 6.42. The number of aliphatic carboxylic acids is 1. The number of aromatic nitrogens is 2. The van der Waals surface area contributed by atoms with E-state index in [2.05, 4.69) is 15.3 Å². The van der Waals surface area contributed by atoms with E-state index in [4.69, 9.17) is 21.4 Å². The van der Waals surface area contributed by atoms with Gasteiger partial charge in [-0.05, 0) is 0 Å². The Balaban J connectivity index is 0.000000360. The Labute approximate surface area is 100 Å². The number of anilines is 2. The molecule has 1 heterocycles. The van der Waals surface area contributed by atoms with Gasteiger partial charge in [0.05, 0.1) is 11.9 Å². The molecule has 0 unspecified atom stereocenters. The lowest BCUT2D eigenvalue weighted by atomic mass is 10.4. The molecule has 7 nitrogen and oxygen atoms in total. The Hall–Kier alpha value is -2.10. The summed E-state index contributed by atoms with van der Waals surface area (Å²) in [6.45, 7) is 1.24. The minimum atomic E-state index is -5.08. The summed E-state index contributed by atoms with van der Waals surface area (Å²) in [6, 6.07) is 0. The third kappa shape index (κ3) is 6.48. The molecule has 0 saturated heterocycles. The highest BCUT2D eigenvalue weighted by atomic mass is 19.4. The van der Waals surface area contributed by atoms with Crippen LogP contribution in [0, 0.1) is 0 Å². The molecule has 0 saturated carbocycles. The number of hydrogen-bond acceptors (Lipinski definition) is 6. The van der Waals surface area contributed by atoms with Crippen LogP contribution in [0.15, 0.2) is 12.5 Å². The van der Waals surface area contributed by atoms with E-state index in [1.807, 2.05) is 0 Å². The smallest absolute Gasteiger partial charge is 0.475 e. The number of nitrogen functional groups attached to an aromatic ring is 1. The molecular weight excluding hydrogens is 255 g/mol. The van der Waals surface area contributed by atoms with Gasteiger partial charge in [-0.25, -0.2) is 14.8 Å². The molecular formula is C8H12F3N5O2. The molecule has 0 aromatic carbocycles. The number of rotatable bonds is 3. The van der Waals surface area contributed by atoms with Gasteiger partial charge in [0.2, 0.25) is 0 Å². The van der Waals surface area contributed by atoms with Gasteiger partial charge < -0.3 is 21.9 Å². The van der Waals surface area contributed by atoms with E-state index in [9.17, 15) is 13.2 Å². The lowest BCUT2D eigenvalue weighted by Crippen LogP contribution is -2.21. The number of carboxylic acids is 1. The molecule has 0 aliphatic rings. The summed E-state index contributed by atoms with van der Waals surface area (Å²) in [5.74, 6) is -2.30. The van der Waals surface area contributed by atoms with E-state index in [1.54, 1.807) is 6.20 Å². The lowest BCUT2D eigenvalue weighted by molar-refractivity contribution is -0.192. The molecule has 1 aromatic heterocycles. The second-order valence-electron chi connectivity index (χ2n) is 2.84. The Bertz CT molecular complexity index is 385. The zero-order valence-electron chi connectivity index (χ0n) is 9.11. The highest BCUT2D eigenvalue weighted by Crippen LogP contribution is 2.13. The van der Waals surface area contributed by atoms with Gasteiger partial charge in [0.25, 0.3) is 0 Å². The summed E-state index contributed by atoms with van der Waals surface area (Å²) in [6.07, 6.45) is -2.05. The van der Waals surface area contributed by atoms with Gasteiger partial charge in [-0.15, -0.1) is 0 Å². The molecule has 0 bridgehead atoms. The van der Waals surface area contributed by atoms with E-state index in [0.717, 1.165) is 5.69 Å². The molecule has 6 N–H and O–H groups in total. The maximum absolute atomic E-state index is 10.6. The number of hydrogen-bond donors (Lipinski definition) is 4. The topological polar surface area (TPSA) is 127 Å². The summed E-state index contributed by atoms with van der Waals surface area (Å²) >= 11 is 0. The fraction of sp³-hybridized carbons (Fsp3) is 0.375. The molecule has 0 spiro atoms. The van der Waals surface area contributed by atoms with Crippen molar-refractivity contribution in [2.24, 2.45) is 5.73 Å². The maximum atomic E-state index is 10.6. The molecule has 0 aliphatic heterocycles. The molecule has 1 rings (SSSR count). The quantitative estimate of drug-likeness (QED) is 0.609. The largest absolute Gasteiger partial charge is 0.490 e. The van der Waals surface area contributed by atoms with Crippen LogP contribution in [-0.2, 0) is 4.79 Å². The van der Waals surface area contributed by atoms with Crippen molar-refractivity contribution in [1.82, 2.24) is 9.97 Å². The highest BCUT2D eigenvalue weighted by Gasteiger charge is 2.38. The standard InChI is InChI=1S/C6H11N5.C2HF3O2/c7-1-2-10-5-3-9-4-11-6(5)8;3-2(4,5)1(6)7/h3-4,10H,1-2,7H2,(H2,8,9,11);(H,6,7). The number of nitrogens with two attached hydrogens (primary N) is 2. The SMILES string of the molecule is NCCNc1cncnc1N.O=C(O)C(F)(F)F. The van der Waals surface area contributed by atoms with Crippen molar-refractivity contribution in [3.63, 3.8) is 0 Å². The normalized spacial score (nSPS) is 10.2. The van der Waals surface area contributed by atoms with Crippen molar-refractivity contribution in [3.05, 3.63) is 12.5 Å². The van der Waals surface area contributed by atoms with Crippen LogP contribution in [0.3, 0.4) is 0 Å². The van der Waals surface area contributed by atoms with Crippen molar-refractivity contribution in [1.29, 1.82) is 0 Å². The molecule has 0 atom stereocenters. The second-order valence-corrected chi connectivity index (χ2v) is 2.84. The van der Waals surface area contributed by atoms with Crippen LogP contribution >= 0.6 is 0 Å². The van der Waals surface area contributed by atoms with E-state index < -0.39 is 12.1 Å². The Morgan fingerprint density at radius 2 is 2.06 bits per heavy atom. The summed E-state index contributed by atoms with van der Waals surface area (Å²) in [7, 11) is 0. The number of nitrogens with one attached hydrogen (secondary N) is 1. The minimum absolute atomic E-state index is 0.452. The molecule has 0 amide bonds. The average molecular weight is 267 g/mol. The van der Waals surface area contributed by atoms with Crippen LogP contribution in [-0.4, -0.2) is 40.3 Å². The van der Waals surface area contributed by atoms with Gasteiger partial charge >= 0.3 is 12.1 Å². The number of nitrogens with zero attached hydrogens (tertiary/aromatic N) is 2. The molecule has 0 fully saturated rings. The molecule has 0 radical (unpaired) electrons. The highest BCUT2D eigenvalue weighted by molar-refractivity contribution is 5.73. The van der Waals surface area contributed by atoms with E-state index in [1.165, 1.54) is 6.33 Å². The van der Waals surface area contributed by atoms with Crippen molar-refractivity contribution >= 4 is 17.5 Å². The van der Waals surface area contributed by atoms with Gasteiger partial charge in [0, 0.05) is 13.1 Å². The molecule has 0 aliphatic carbocycles. The van der Waals surface area contributed by atoms with Crippen molar-refractivity contribution in [3.8, 4) is 0 Å². The van der Waals surface area contributed by atoms with Gasteiger partial charge in [-0.1, -0.05) is 0 Å². The Morgan fingerprint density at radius 3 is 2.44 bits per heavy atom. The monoisotopic (exact) mass is 267 g/mol. The van der Waals surface area contributed by atoms with E-state index in [0.29, 0.717) is 18.9 Å². The van der Waals surface area contributed by atoms with Gasteiger partial charge in [-0.2, -0.15) is 13.2 Å². The van der Waals surface area contributed by atoms with Crippen molar-refractivity contribution in [2.75, 3.05) is 24.1 Å². The van der Waals surface area contributed by atoms with Crippen LogP contribution in [0.25, 0.3) is 0 Å². The van der Waals surface area contributed by atoms with Crippen LogP contribution in [0.5, 0.6) is 0 Å². The van der Waals surface area contributed by atoms with Gasteiger partial charge in [0.1, 0.15) is 12.1 Å². The fourth-order valence-electron chi connectivity index (χ4n) is 0.682. The van der Waals surface area contributed by atoms with Gasteiger partial charge in [-0.3, -0.25) is 0 Å². The first-order valence-corrected chi connectivity index (χ1v) is 4.58. The zero-order valence-corrected chi connectivity index (χ0v) is 9.11. The third-order valence-corrected chi connectivity index (χ3v) is 1.45. The van der Waals surface area contributed by atoms with Crippen LogP contribution in [0.2, 0.25) is 0 Å². The van der Waals surface area contributed by atoms with Crippen LogP contribution in [0.1, 0.15) is 0 Å². The maximum Gasteiger partial charge on any atom is 0.490 e. The summed E-state index contributed by atoms with van der Waals surface area (Å²) < 4.78 is 31.7. The summed E-state index contributed by atoms with van der Waals surface area (Å²) in [4.78, 5) is 16.5. The molecule has 1 aromatic rings. The lowest BCUT2D eigenvalue weighted by Gasteiger charge is -2.04. The molecule has 10 heteroatoms. The number of halogens is 3. The van der Waals surface area contributed by atoms with Crippen molar-refractivity contribution in [2.45, 2.75) is 6.18 Å². The predicted octanol–water partition coefficient (Wildman–Crippen LogP) is 0.0627. The summed E-state index contributed by atoms with van der Waals surface area (Å²) in [5.41, 5.74) is 11.5. The Morgan fingerprint density at radius 1 is 1.50 bits per heavy atom. The number of alkyl halides is 3. The van der Waals surface area contributed by atoms with Gasteiger partial charge in [0.15, 0.2) is 0 Å². The van der Waals surface area contributed by atoms with E-state index >= 15 is 0 Å². The second kappa shape index (κ2) is 7.27. The molecule has 102 valence electrons. The number of carbonyl (C=O) groups is 1. The fourth-order valence-corrected chi connectivity index (χ4v) is 0.682. The third-order valence-electron chi connectivity index (χ3n) is 1.45. The van der Waals surface area contributed by atoms with Crippen LogP contribution < -0.4 is 16.8 Å². The first kappa shape index (κ1) is 15.9. The average Bonchev–Trinajstić information content (AvgIpc) is 2.27. The molecule has 18 heavy (non-hydrogen) atoms. The minimum Gasteiger partial charge on any atom is -0.475 e.